The van der Waals surface area contributed by atoms with E-state index in [1.807, 2.05) is 72.8 Å². The van der Waals surface area contributed by atoms with E-state index in [-0.39, 0.29) is 24.8 Å². The van der Waals surface area contributed by atoms with Crippen LogP contribution in [0.3, 0.4) is 0 Å². The molecule has 6 heteroatoms. The van der Waals surface area contributed by atoms with Crippen molar-refractivity contribution in [1.82, 2.24) is 0 Å². The van der Waals surface area contributed by atoms with E-state index in [2.05, 4.69) is 111 Å². The third-order valence-electron chi connectivity index (χ3n) is 6.73. The maximum Gasteiger partial charge on any atom is -0.171 e. The zero-order valence-corrected chi connectivity index (χ0v) is 31.4. The van der Waals surface area contributed by atoms with Crippen LogP contribution in [-0.2, 0) is 23.3 Å². The SMILES string of the molecule is CCN(CC)c1ccc2c(c1)[cH-]c1cc(N(CC)CC)ccc12.Cl.Cl.[C-]1=CC=CC1.[Si]=[Zr].[c-]1ccccc1.[c-]1ccccc1. The number of anilines is 2. The summed E-state index contributed by atoms with van der Waals surface area (Å²) < 4.78 is 0. The predicted molar refractivity (Wildman–Crippen MR) is 197 cm³/mol. The van der Waals surface area contributed by atoms with Crippen molar-refractivity contribution < 1.29 is 23.3 Å². The van der Waals surface area contributed by atoms with E-state index in [1.54, 1.807) is 0 Å². The topological polar surface area (TPSA) is 6.48 Å². The van der Waals surface area contributed by atoms with Gasteiger partial charge in [-0.25, -0.2) is 12.2 Å². The van der Waals surface area contributed by atoms with Crippen molar-refractivity contribution >= 4 is 64.6 Å². The molecule has 0 aromatic heterocycles. The standard InChI is InChI=1S/C21H27N2.2C6H5.C5H5.2ClH.Si.Zr/c1-5-22(6-2)18-9-11-20-16(14-18)13-17-15-19(10-12-21(17)20)23(7-3)8-4;2*1-2-4-6-5-3-1;1-2-4-5-3-1;;;;/h9-15H,5-8H2,1-4H3;2*1-5H;1-3H,4H2;2*1H;;/q4*-1;;;;. The third kappa shape index (κ3) is 14.1. The Morgan fingerprint density at radius 1 is 0.659 bits per heavy atom. The van der Waals surface area contributed by atoms with Gasteiger partial charge in [-0.15, -0.1) is 58.8 Å². The summed E-state index contributed by atoms with van der Waals surface area (Å²) in [5, 5.41) is 5.42. The van der Waals surface area contributed by atoms with Gasteiger partial charge in [0.05, 0.1) is 0 Å². The number of hydrogen-bond donors (Lipinski definition) is 0. The van der Waals surface area contributed by atoms with Crippen LogP contribution in [-0.4, -0.2) is 33.1 Å². The Kier molecular flexibility index (Phi) is 24.3. The van der Waals surface area contributed by atoms with Crippen molar-refractivity contribution in [1.29, 1.82) is 0 Å². The molecule has 0 bridgehead atoms. The molecule has 0 saturated heterocycles. The fourth-order valence-corrected chi connectivity index (χ4v) is 4.59. The molecule has 2 nitrogen and oxygen atoms in total. The molecular formula is C38H44Cl2N2SiZr-4. The van der Waals surface area contributed by atoms with E-state index in [4.69, 9.17) is 0 Å². The van der Waals surface area contributed by atoms with Crippen LogP contribution in [0.4, 0.5) is 11.4 Å². The number of hydrogen-bond acceptors (Lipinski definition) is 2. The molecule has 0 aliphatic heterocycles. The van der Waals surface area contributed by atoms with Gasteiger partial charge in [0, 0.05) is 37.6 Å². The van der Waals surface area contributed by atoms with Gasteiger partial charge in [-0.2, -0.15) is 78.9 Å². The molecule has 0 atom stereocenters. The zero-order chi connectivity index (χ0) is 30.4. The first kappa shape index (κ1) is 41.5. The van der Waals surface area contributed by atoms with Gasteiger partial charge >= 0.3 is 30.2 Å². The van der Waals surface area contributed by atoms with Crippen molar-refractivity contribution in [3.8, 4) is 0 Å². The monoisotopic (exact) mass is 716 g/mol. The van der Waals surface area contributed by atoms with E-state index in [1.165, 1.54) is 56.3 Å². The smallest absolute Gasteiger partial charge is 0.171 e. The van der Waals surface area contributed by atoms with Crippen LogP contribution in [0.1, 0.15) is 34.1 Å². The molecule has 0 amide bonds. The van der Waals surface area contributed by atoms with Crippen molar-refractivity contribution in [2.75, 3.05) is 36.0 Å². The van der Waals surface area contributed by atoms with Crippen molar-refractivity contribution in [3.05, 3.63) is 140 Å². The van der Waals surface area contributed by atoms with Crippen LogP contribution in [0.25, 0.3) is 21.5 Å². The Morgan fingerprint density at radius 3 is 1.30 bits per heavy atom. The average Bonchev–Trinajstić information content (AvgIpc) is 3.77. The summed E-state index contributed by atoms with van der Waals surface area (Å²) in [5.74, 6) is 0. The largest absolute Gasteiger partial charge is 0.184 e. The first-order chi connectivity index (χ1) is 20.7. The summed E-state index contributed by atoms with van der Waals surface area (Å²) in [6.45, 7) is 16.1. The average molecular weight is 719 g/mol. The predicted octanol–water partition coefficient (Wildman–Crippen LogP) is 10.1. The minimum absolute atomic E-state index is 0. The summed E-state index contributed by atoms with van der Waals surface area (Å²) in [6.07, 6.45) is 10.0. The normalized spacial score (nSPS) is 10.2. The molecule has 1 aliphatic rings. The molecular weight excluding hydrogens is 675 g/mol. The second kappa shape index (κ2) is 25.8. The summed E-state index contributed by atoms with van der Waals surface area (Å²) >= 11 is 1.36. The Labute approximate surface area is 295 Å². The first-order valence-corrected chi connectivity index (χ1v) is 18.8. The van der Waals surface area contributed by atoms with Gasteiger partial charge in [-0.05, 0) is 27.7 Å². The molecule has 5 aromatic carbocycles. The van der Waals surface area contributed by atoms with Crippen LogP contribution >= 0.6 is 24.8 Å². The summed E-state index contributed by atoms with van der Waals surface area (Å²) in [6, 6.07) is 41.1. The Hall–Kier alpha value is -2.49. The van der Waals surface area contributed by atoms with Gasteiger partial charge in [0.1, 0.15) is 0 Å². The molecule has 0 spiro atoms. The van der Waals surface area contributed by atoms with Gasteiger partial charge in [0.25, 0.3) is 0 Å². The number of benzene rings is 4. The van der Waals surface area contributed by atoms with Crippen LogP contribution in [0.2, 0.25) is 0 Å². The van der Waals surface area contributed by atoms with Crippen LogP contribution in [0.5, 0.6) is 0 Å². The van der Waals surface area contributed by atoms with E-state index < -0.39 is 0 Å². The third-order valence-corrected chi connectivity index (χ3v) is 6.73. The summed E-state index contributed by atoms with van der Waals surface area (Å²) in [4.78, 5) is 4.80. The van der Waals surface area contributed by atoms with Gasteiger partial charge in [0.2, 0.25) is 0 Å². The molecule has 44 heavy (non-hydrogen) atoms. The van der Waals surface area contributed by atoms with E-state index in [0.717, 1.165) is 32.6 Å². The molecule has 0 saturated carbocycles. The Balaban J connectivity index is 0.000000713. The summed E-state index contributed by atoms with van der Waals surface area (Å²) in [7, 11) is 0. The Bertz CT molecular complexity index is 1290. The van der Waals surface area contributed by atoms with Gasteiger partial charge in [0.15, 0.2) is 0 Å². The number of rotatable bonds is 6. The van der Waals surface area contributed by atoms with Crippen molar-refractivity contribution in [3.63, 3.8) is 0 Å². The molecule has 1 aliphatic carbocycles. The first-order valence-electron chi connectivity index (χ1n) is 14.6. The molecule has 0 fully saturated rings. The molecule has 5 aromatic rings. The second-order valence-electron chi connectivity index (χ2n) is 9.19. The minimum atomic E-state index is 0. The van der Waals surface area contributed by atoms with E-state index in [9.17, 15) is 0 Å². The van der Waals surface area contributed by atoms with Crippen molar-refractivity contribution in [2.24, 2.45) is 0 Å². The fraction of sp³-hybridized carbons (Fsp3) is 0.237. The molecule has 232 valence electrons. The molecule has 0 N–H and O–H groups in total. The quantitative estimate of drug-likeness (QED) is 0.127. The molecule has 6 rings (SSSR count). The zero-order valence-electron chi connectivity index (χ0n) is 26.3. The molecule has 0 unspecified atom stereocenters. The maximum atomic E-state index is 3.06. The Morgan fingerprint density at radius 2 is 1.07 bits per heavy atom. The summed E-state index contributed by atoms with van der Waals surface area (Å²) in [5.41, 5.74) is 2.64. The fourth-order valence-electron chi connectivity index (χ4n) is 4.59. The number of halogens is 2. The van der Waals surface area contributed by atoms with Gasteiger partial charge in [-0.3, -0.25) is 6.08 Å². The second-order valence-corrected chi connectivity index (χ2v) is 9.19. The maximum absolute atomic E-state index is 3.06. The van der Waals surface area contributed by atoms with Crippen LogP contribution in [0.15, 0.2) is 121 Å². The van der Waals surface area contributed by atoms with Crippen LogP contribution in [0, 0.1) is 18.2 Å². The van der Waals surface area contributed by atoms with Crippen molar-refractivity contribution in [2.45, 2.75) is 34.1 Å². The molecule has 2 radical (unpaired) electrons. The van der Waals surface area contributed by atoms with Crippen LogP contribution < -0.4 is 9.80 Å². The molecule has 0 heterocycles. The number of nitrogens with zero attached hydrogens (tertiary/aromatic N) is 2. The van der Waals surface area contributed by atoms with Gasteiger partial charge < -0.3 is 9.80 Å². The minimum Gasteiger partial charge on any atom is -0.184 e. The number of fused-ring (bicyclic) bond motifs is 3. The van der Waals surface area contributed by atoms with E-state index in [0.29, 0.717) is 0 Å². The van der Waals surface area contributed by atoms with Gasteiger partial charge in [-0.1, -0.05) is 36.4 Å². The number of allylic oxidation sites excluding steroid dienone is 4. The van der Waals surface area contributed by atoms with E-state index >= 15 is 0 Å².